The number of amides is 1. The summed E-state index contributed by atoms with van der Waals surface area (Å²) in [6.45, 7) is 14.5. The summed E-state index contributed by atoms with van der Waals surface area (Å²) in [6, 6.07) is 21.2. The van der Waals surface area contributed by atoms with Gasteiger partial charge < -0.3 is 29.6 Å². The fourth-order valence-electron chi connectivity index (χ4n) is 9.93. The number of hydrogen-bond acceptors (Lipinski definition) is 12. The van der Waals surface area contributed by atoms with Crippen molar-refractivity contribution in [2.24, 2.45) is 11.3 Å². The van der Waals surface area contributed by atoms with Gasteiger partial charge in [-0.25, -0.2) is 13.1 Å². The van der Waals surface area contributed by atoms with E-state index in [9.17, 15) is 23.3 Å². The first-order valence-corrected chi connectivity index (χ1v) is 24.6. The van der Waals surface area contributed by atoms with E-state index in [1.165, 1.54) is 28.8 Å². The minimum absolute atomic E-state index is 0.107. The molecule has 348 valence electrons. The third kappa shape index (κ3) is 9.59. The number of allylic oxidation sites excluding steroid dienone is 1. The highest BCUT2D eigenvalue weighted by Gasteiger charge is 2.35. The van der Waals surface area contributed by atoms with Crippen molar-refractivity contribution in [2.75, 3.05) is 74.2 Å². The maximum absolute atomic E-state index is 14.4. The van der Waals surface area contributed by atoms with Crippen LogP contribution in [0.5, 0.6) is 5.88 Å². The van der Waals surface area contributed by atoms with E-state index in [4.69, 9.17) is 26.1 Å². The van der Waals surface area contributed by atoms with Gasteiger partial charge >= 0.3 is 0 Å². The Labute approximate surface area is 390 Å². The average molecular weight is 938 g/mol. The molecule has 3 aromatic carbocycles. The third-order valence-electron chi connectivity index (χ3n) is 13.8. The van der Waals surface area contributed by atoms with Crippen molar-refractivity contribution < 1.29 is 27.6 Å². The normalized spacial score (nSPS) is 18.5. The number of carbonyl (C=O) groups is 1. The number of piperazine rings is 1. The summed E-state index contributed by atoms with van der Waals surface area (Å²) >= 11 is 6.27. The predicted molar refractivity (Wildman–Crippen MR) is 259 cm³/mol. The first-order valence-electron chi connectivity index (χ1n) is 22.7. The van der Waals surface area contributed by atoms with Crippen LogP contribution in [0.15, 0.2) is 89.5 Å². The lowest BCUT2D eigenvalue weighted by Crippen LogP contribution is -2.47. The van der Waals surface area contributed by atoms with E-state index in [2.05, 4.69) is 50.8 Å². The number of nitrogens with zero attached hydrogens (tertiary/aromatic N) is 5. The molecule has 1 aliphatic carbocycles. The second-order valence-electron chi connectivity index (χ2n) is 19.2. The number of pyridine rings is 1. The second kappa shape index (κ2) is 18.2. The number of sulfonamides is 1. The molecule has 4 aliphatic rings. The first kappa shape index (κ1) is 45.5. The molecule has 0 atom stereocenters. The highest BCUT2D eigenvalue weighted by Crippen LogP contribution is 2.44. The van der Waals surface area contributed by atoms with E-state index >= 15 is 0 Å². The van der Waals surface area contributed by atoms with E-state index < -0.39 is 37.0 Å². The largest absolute Gasteiger partial charge is 0.474 e. The predicted octanol–water partition coefficient (Wildman–Crippen LogP) is 9.18. The van der Waals surface area contributed by atoms with Gasteiger partial charge in [0.05, 0.1) is 27.6 Å². The maximum Gasteiger partial charge on any atom is 0.293 e. The van der Waals surface area contributed by atoms with Gasteiger partial charge in [0.25, 0.3) is 21.6 Å². The molecule has 0 radical (unpaired) electrons. The van der Waals surface area contributed by atoms with E-state index in [0.717, 1.165) is 87.0 Å². The maximum atomic E-state index is 14.4. The molecule has 66 heavy (non-hydrogen) atoms. The third-order valence-corrected chi connectivity index (χ3v) is 15.4. The summed E-state index contributed by atoms with van der Waals surface area (Å²) < 4.78 is 41.8. The number of aromatic nitrogens is 2. The molecule has 5 heterocycles. The summed E-state index contributed by atoms with van der Waals surface area (Å²) in [4.78, 5) is 40.3. The van der Waals surface area contributed by atoms with E-state index in [1.807, 2.05) is 55.1 Å². The zero-order chi connectivity index (χ0) is 46.4. The van der Waals surface area contributed by atoms with Crippen LogP contribution in [0, 0.1) is 21.4 Å². The van der Waals surface area contributed by atoms with Crippen LogP contribution in [0.2, 0.25) is 5.02 Å². The average Bonchev–Trinajstić information content (AvgIpc) is 3.76. The number of rotatable bonds is 12. The Hall–Kier alpha value is -5.68. The summed E-state index contributed by atoms with van der Waals surface area (Å²) in [7, 11) is -4.59. The fraction of sp³-hybridized carbons (Fsp3) is 0.429. The van der Waals surface area contributed by atoms with Crippen LogP contribution in [0.3, 0.4) is 0 Å². The van der Waals surface area contributed by atoms with Gasteiger partial charge in [0.15, 0.2) is 0 Å². The van der Waals surface area contributed by atoms with E-state index in [1.54, 1.807) is 12.3 Å². The van der Waals surface area contributed by atoms with Gasteiger partial charge in [0.2, 0.25) is 5.88 Å². The minimum Gasteiger partial charge on any atom is -0.474 e. The Morgan fingerprint density at radius 1 is 0.970 bits per heavy atom. The molecule has 1 amide bonds. The van der Waals surface area contributed by atoms with E-state index in [-0.39, 0.29) is 29.2 Å². The summed E-state index contributed by atoms with van der Waals surface area (Å²) in [6.07, 6.45) is 6.58. The SMILES string of the molecule is CC1(C)CCC(CN2CCN(c3ccc(C(=O)NS(=O)(=O)c4ccc(NC(C)(C)C5CCOCC5)c([N+](=O)[O-])c4)c(N4CCOc5nc6[nH]ccc6cc54)c3)CC2)=C(c2ccc(Cl)cc2)C1. The molecular weight excluding hydrogens is 880 g/mol. The zero-order valence-corrected chi connectivity index (χ0v) is 39.4. The number of H-pyrrole nitrogens is 1. The quantitative estimate of drug-likeness (QED) is 0.0801. The van der Waals surface area contributed by atoms with Gasteiger partial charge in [-0.2, -0.15) is 4.98 Å². The number of benzene rings is 3. The van der Waals surface area contributed by atoms with Gasteiger partial charge in [-0.3, -0.25) is 19.8 Å². The number of hydrogen-bond donors (Lipinski definition) is 3. The van der Waals surface area contributed by atoms with Crippen molar-refractivity contribution in [3.8, 4) is 5.88 Å². The molecule has 3 aliphatic heterocycles. The first-order chi connectivity index (χ1) is 31.5. The zero-order valence-electron chi connectivity index (χ0n) is 37.9. The molecule has 17 heteroatoms. The molecule has 0 saturated carbocycles. The van der Waals surface area contributed by atoms with Crippen LogP contribution in [-0.2, 0) is 14.8 Å². The van der Waals surface area contributed by atoms with Gasteiger partial charge in [-0.15, -0.1) is 0 Å². The topological polar surface area (TPSA) is 175 Å². The molecule has 2 saturated heterocycles. The smallest absolute Gasteiger partial charge is 0.293 e. The molecule has 9 rings (SSSR count). The Morgan fingerprint density at radius 2 is 1.73 bits per heavy atom. The highest BCUT2D eigenvalue weighted by molar-refractivity contribution is 7.90. The van der Waals surface area contributed by atoms with Gasteiger partial charge in [-0.05, 0) is 123 Å². The number of nitrogens with one attached hydrogen (secondary N) is 3. The van der Waals surface area contributed by atoms with Crippen molar-refractivity contribution in [3.63, 3.8) is 0 Å². The van der Waals surface area contributed by atoms with Crippen LogP contribution in [0.4, 0.5) is 28.4 Å². The monoisotopic (exact) mass is 936 g/mol. The van der Waals surface area contributed by atoms with Crippen LogP contribution >= 0.6 is 11.6 Å². The Morgan fingerprint density at radius 3 is 2.47 bits per heavy atom. The molecule has 0 spiro atoms. The highest BCUT2D eigenvalue weighted by atomic mass is 35.5. The van der Waals surface area contributed by atoms with Crippen LogP contribution < -0.4 is 24.6 Å². The number of ether oxygens (including phenoxy) is 2. The number of carbonyl (C=O) groups excluding carboxylic acids is 1. The minimum atomic E-state index is -4.59. The van der Waals surface area contributed by atoms with Crippen molar-refractivity contribution in [1.29, 1.82) is 0 Å². The summed E-state index contributed by atoms with van der Waals surface area (Å²) in [5.74, 6) is -0.307. The van der Waals surface area contributed by atoms with Gasteiger partial charge in [0.1, 0.15) is 23.6 Å². The number of aromatic amines is 1. The van der Waals surface area contributed by atoms with E-state index in [0.29, 0.717) is 42.7 Å². The molecule has 3 N–H and O–H groups in total. The number of halogens is 1. The Bertz CT molecular complexity index is 2800. The molecule has 0 bridgehead atoms. The molecule has 2 fully saturated rings. The molecule has 2 aromatic heterocycles. The number of nitro benzene ring substituents is 1. The van der Waals surface area contributed by atoms with Crippen LogP contribution in [0.1, 0.15) is 75.7 Å². The van der Waals surface area contributed by atoms with Crippen molar-refractivity contribution in [3.05, 3.63) is 111 Å². The molecule has 15 nitrogen and oxygen atoms in total. The van der Waals surface area contributed by atoms with Crippen LogP contribution in [0.25, 0.3) is 16.6 Å². The summed E-state index contributed by atoms with van der Waals surface area (Å²) in [5.41, 5.74) is 6.35. The number of fused-ring (bicyclic) bond motifs is 2. The fourth-order valence-corrected chi connectivity index (χ4v) is 11.0. The van der Waals surface area contributed by atoms with Gasteiger partial charge in [-0.1, -0.05) is 43.2 Å². The molecule has 0 unspecified atom stereocenters. The van der Waals surface area contributed by atoms with Gasteiger partial charge in [0, 0.05) is 79.8 Å². The summed E-state index contributed by atoms with van der Waals surface area (Å²) in [5, 5.41) is 17.3. The number of nitro groups is 1. The molecular formula is C49H57ClN8O7S. The van der Waals surface area contributed by atoms with Crippen molar-refractivity contribution in [2.45, 2.75) is 70.2 Å². The lowest BCUT2D eigenvalue weighted by Gasteiger charge is -2.39. The van der Waals surface area contributed by atoms with Crippen molar-refractivity contribution >= 4 is 72.6 Å². The standard InChI is InChI=1S/C49H57ClN8O7S/c1-48(2)17-13-34(40(30-48)32-5-7-36(50)8-6-32)31-55-19-21-56(22-20-55)37-9-11-39(42(28-37)57-23-26-65-47-44(57)27-33-14-18-51-45(33)52-47)46(59)54-66(62,63)38-10-12-41(43(29-38)58(60)61)53-49(3,4)35-15-24-64-25-16-35/h5-12,14,18,27-29,35,53H,13,15-17,19-26,30-31H2,1-4H3,(H,51,52)(H,54,59). The second-order valence-corrected chi connectivity index (χ2v) is 21.3. The molecule has 5 aromatic rings. The number of anilines is 4. The van der Waals surface area contributed by atoms with Crippen molar-refractivity contribution in [1.82, 2.24) is 19.6 Å². The van der Waals surface area contributed by atoms with Crippen LogP contribution in [-0.4, -0.2) is 98.7 Å². The Kier molecular flexibility index (Phi) is 12.5. The lowest BCUT2D eigenvalue weighted by atomic mass is 9.72. The lowest BCUT2D eigenvalue weighted by molar-refractivity contribution is -0.384. The Balaban J connectivity index is 0.983.